The van der Waals surface area contributed by atoms with Crippen LogP contribution in [0.25, 0.3) is 0 Å². The van der Waals surface area contributed by atoms with Crippen molar-refractivity contribution < 1.29 is 18.9 Å². The molecule has 3 N–H and O–H groups in total. The van der Waals surface area contributed by atoms with Gasteiger partial charge in [-0.1, -0.05) is 0 Å². The van der Waals surface area contributed by atoms with E-state index in [1.165, 1.54) is 41.2 Å². The van der Waals surface area contributed by atoms with Crippen molar-refractivity contribution in [1.82, 2.24) is 16.0 Å². The number of thiophene rings is 3. The average Bonchev–Trinajstić information content (AvgIpc) is 3.70. The Hall–Kier alpha value is -1.54. The molecule has 3 aromatic rings. The summed E-state index contributed by atoms with van der Waals surface area (Å²) in [5.74, 6) is 0.289. The van der Waals surface area contributed by atoms with Crippen molar-refractivity contribution in [2.75, 3.05) is 79.1 Å². The normalized spacial score (nSPS) is 25.1. The Morgan fingerprint density at radius 3 is 2.45 bits per heavy atom. The van der Waals surface area contributed by atoms with Gasteiger partial charge in [-0.05, 0) is 43.3 Å². The number of hydrogen-bond donors (Lipinski definition) is 3. The van der Waals surface area contributed by atoms with E-state index in [4.69, 9.17) is 18.9 Å². The van der Waals surface area contributed by atoms with Gasteiger partial charge in [0.05, 0.1) is 49.7 Å². The van der Waals surface area contributed by atoms with E-state index < -0.39 is 0 Å². The summed E-state index contributed by atoms with van der Waals surface area (Å²) in [4.78, 5) is 7.84. The molecule has 4 unspecified atom stereocenters. The van der Waals surface area contributed by atoms with Crippen molar-refractivity contribution in [2.45, 2.75) is 50.1 Å². The lowest BCUT2D eigenvalue weighted by molar-refractivity contribution is -0.0252. The summed E-state index contributed by atoms with van der Waals surface area (Å²) in [7, 11) is 7.95. The maximum absolute atomic E-state index is 6.50. The van der Waals surface area contributed by atoms with Crippen LogP contribution < -0.4 is 25.6 Å². The molecule has 0 radical (unpaired) electrons. The van der Waals surface area contributed by atoms with Crippen LogP contribution in [0.3, 0.4) is 0 Å². The monoisotopic (exact) mass is 632 g/mol. The van der Waals surface area contributed by atoms with Crippen LogP contribution in [0.5, 0.6) is 5.06 Å². The number of nitrogens with one attached hydrogen (secondary N) is 3. The van der Waals surface area contributed by atoms with E-state index in [1.54, 1.807) is 18.4 Å². The van der Waals surface area contributed by atoms with Crippen molar-refractivity contribution in [1.29, 1.82) is 0 Å². The molecule has 0 aromatic carbocycles. The number of anilines is 1. The van der Waals surface area contributed by atoms with Gasteiger partial charge in [-0.2, -0.15) is 0 Å². The zero-order valence-electron chi connectivity index (χ0n) is 25.3. The molecule has 0 aliphatic carbocycles. The van der Waals surface area contributed by atoms with E-state index in [1.807, 2.05) is 29.7 Å². The third-order valence-electron chi connectivity index (χ3n) is 8.34. The van der Waals surface area contributed by atoms with Gasteiger partial charge in [0.2, 0.25) is 0 Å². The van der Waals surface area contributed by atoms with Crippen LogP contribution in [0, 0.1) is 6.92 Å². The molecule has 42 heavy (non-hydrogen) atoms. The van der Waals surface area contributed by atoms with Crippen LogP contribution in [-0.4, -0.2) is 80.3 Å². The predicted octanol–water partition coefficient (Wildman–Crippen LogP) is 4.80. The zero-order valence-corrected chi connectivity index (χ0v) is 27.7. The third kappa shape index (κ3) is 6.60. The van der Waals surface area contributed by atoms with E-state index in [-0.39, 0.29) is 30.3 Å². The number of nitrogens with zero attached hydrogens (tertiary/aromatic N) is 1. The van der Waals surface area contributed by atoms with Gasteiger partial charge in [-0.25, -0.2) is 0 Å². The molecule has 0 fully saturated rings. The Morgan fingerprint density at radius 1 is 0.881 bits per heavy atom. The Balaban J connectivity index is 1.04. The summed E-state index contributed by atoms with van der Waals surface area (Å²) in [6.45, 7) is 7.71. The second kappa shape index (κ2) is 13.6. The first-order valence-electron chi connectivity index (χ1n) is 14.9. The molecule has 6 heterocycles. The van der Waals surface area contributed by atoms with Gasteiger partial charge in [-0.15, -0.1) is 34.0 Å². The van der Waals surface area contributed by atoms with Crippen LogP contribution in [0.15, 0.2) is 18.2 Å². The van der Waals surface area contributed by atoms with Gasteiger partial charge >= 0.3 is 0 Å². The number of aryl methyl sites for hydroxylation is 1. The average molecular weight is 633 g/mol. The van der Waals surface area contributed by atoms with Crippen LogP contribution in [-0.2, 0) is 27.1 Å². The SMILES string of the molecule is CNC[C@H]1OC(CNCC2OCC(CNCC3OCCc4sc(N(C)C)cc43)c3sc(OC)cc32)Cc2sc(C)cc21. The summed E-state index contributed by atoms with van der Waals surface area (Å²) in [6, 6.07) is 6.76. The molecule has 3 aliphatic heterocycles. The molecular weight excluding hydrogens is 589 g/mol. The smallest absolute Gasteiger partial charge is 0.173 e. The lowest BCUT2D eigenvalue weighted by Gasteiger charge is -2.32. The molecule has 3 aromatic heterocycles. The van der Waals surface area contributed by atoms with Crippen LogP contribution in [0.4, 0.5) is 5.00 Å². The minimum atomic E-state index is 0.00661. The zero-order chi connectivity index (χ0) is 29.2. The highest BCUT2D eigenvalue weighted by Gasteiger charge is 2.33. The van der Waals surface area contributed by atoms with Crippen LogP contribution in [0.2, 0.25) is 0 Å². The number of likely N-dealkylation sites (N-methyl/N-ethyl adjacent to an activating group) is 1. The summed E-state index contributed by atoms with van der Waals surface area (Å²) >= 11 is 5.55. The molecule has 0 saturated heterocycles. The van der Waals surface area contributed by atoms with E-state index >= 15 is 0 Å². The first-order chi connectivity index (χ1) is 20.4. The van der Waals surface area contributed by atoms with Gasteiger partial charge in [0.15, 0.2) is 5.06 Å². The molecule has 3 aliphatic rings. The fraction of sp³-hybridized carbons (Fsp3) is 0.613. The summed E-state index contributed by atoms with van der Waals surface area (Å²) in [6.07, 6.45) is 2.35. The molecule has 0 saturated carbocycles. The Bertz CT molecular complexity index is 1340. The lowest BCUT2D eigenvalue weighted by atomic mass is 9.97. The van der Waals surface area contributed by atoms with Crippen molar-refractivity contribution in [2.24, 2.45) is 0 Å². The third-order valence-corrected chi connectivity index (χ3v) is 12.1. The van der Waals surface area contributed by atoms with E-state index in [0.717, 1.165) is 57.2 Å². The summed E-state index contributed by atoms with van der Waals surface area (Å²) in [5, 5.41) is 12.9. The van der Waals surface area contributed by atoms with Crippen LogP contribution in [0.1, 0.15) is 60.4 Å². The topological polar surface area (TPSA) is 76.2 Å². The number of ether oxygens (including phenoxy) is 4. The standard InChI is InChI=1S/C31H44N4O4S3/c1-18-8-21-26(14-32-2)39-20(9-28(21)40-18)13-34-16-25-23-11-30(36-5)42-31(23)19(17-38-25)12-33-15-24-22-10-29(35(3)4)41-27(22)6-7-37-24/h8,10-11,19-20,24-26,32-34H,6-7,9,12-17H2,1-5H3/t19?,20?,24?,25?,26-/m1/s1. The van der Waals surface area contributed by atoms with Crippen molar-refractivity contribution in [3.8, 4) is 5.06 Å². The number of hydrogen-bond acceptors (Lipinski definition) is 11. The highest BCUT2D eigenvalue weighted by molar-refractivity contribution is 7.16. The molecule has 6 rings (SSSR count). The molecule has 0 spiro atoms. The molecule has 8 nitrogen and oxygen atoms in total. The highest BCUT2D eigenvalue weighted by Crippen LogP contribution is 2.43. The number of fused-ring (bicyclic) bond motifs is 3. The molecule has 230 valence electrons. The maximum Gasteiger partial charge on any atom is 0.173 e. The molecule has 5 atom stereocenters. The van der Waals surface area contributed by atoms with E-state index in [0.29, 0.717) is 6.61 Å². The minimum Gasteiger partial charge on any atom is -0.487 e. The highest BCUT2D eigenvalue weighted by atomic mass is 32.1. The van der Waals surface area contributed by atoms with Crippen molar-refractivity contribution in [3.63, 3.8) is 0 Å². The quantitative estimate of drug-likeness (QED) is 0.263. The fourth-order valence-electron chi connectivity index (χ4n) is 6.26. The van der Waals surface area contributed by atoms with E-state index in [2.05, 4.69) is 60.1 Å². The van der Waals surface area contributed by atoms with Gasteiger partial charge < -0.3 is 39.8 Å². The number of methoxy groups -OCH3 is 1. The van der Waals surface area contributed by atoms with Crippen molar-refractivity contribution >= 4 is 39.0 Å². The first-order valence-corrected chi connectivity index (χ1v) is 17.4. The maximum atomic E-state index is 6.50. The minimum absolute atomic E-state index is 0.00661. The first kappa shape index (κ1) is 30.5. The number of rotatable bonds is 12. The lowest BCUT2D eigenvalue weighted by Crippen LogP contribution is -2.39. The van der Waals surface area contributed by atoms with Crippen LogP contribution >= 0.6 is 34.0 Å². The fourth-order valence-corrected chi connectivity index (χ4v) is 9.63. The largest absolute Gasteiger partial charge is 0.487 e. The molecule has 0 amide bonds. The summed E-state index contributed by atoms with van der Waals surface area (Å²) in [5.41, 5.74) is 3.95. The van der Waals surface area contributed by atoms with Gasteiger partial charge in [0, 0.05) is 90.7 Å². The van der Waals surface area contributed by atoms with E-state index in [9.17, 15) is 0 Å². The van der Waals surface area contributed by atoms with Gasteiger partial charge in [0.1, 0.15) is 0 Å². The Morgan fingerprint density at radius 2 is 1.67 bits per heavy atom. The van der Waals surface area contributed by atoms with Crippen molar-refractivity contribution in [3.05, 3.63) is 54.4 Å². The Kier molecular flexibility index (Phi) is 9.89. The Labute approximate surface area is 261 Å². The van der Waals surface area contributed by atoms with Gasteiger partial charge in [-0.3, -0.25) is 0 Å². The molecular formula is C31H44N4O4S3. The second-order valence-corrected chi connectivity index (χ2v) is 15.1. The molecule has 11 heteroatoms. The summed E-state index contributed by atoms with van der Waals surface area (Å²) < 4.78 is 24.8. The second-order valence-electron chi connectivity index (χ2n) is 11.6. The molecule has 0 bridgehead atoms. The predicted molar refractivity (Wildman–Crippen MR) is 173 cm³/mol. The van der Waals surface area contributed by atoms with Gasteiger partial charge in [0.25, 0.3) is 0 Å².